The molecule has 0 unspecified atom stereocenters. The Kier molecular flexibility index (Phi) is 4.92. The summed E-state index contributed by atoms with van der Waals surface area (Å²) < 4.78 is 10.9. The van der Waals surface area contributed by atoms with E-state index in [9.17, 15) is 20.5 Å². The molecule has 4 N–H and O–H groups in total. The molecule has 0 aliphatic carbocycles. The van der Waals surface area contributed by atoms with Crippen molar-refractivity contribution in [3.8, 4) is 34.7 Å². The second-order valence-corrected chi connectivity index (χ2v) is 6.69. The van der Waals surface area contributed by atoms with E-state index < -0.39 is 22.3 Å². The van der Waals surface area contributed by atoms with Crippen molar-refractivity contribution in [3.63, 3.8) is 0 Å². The third-order valence-electron chi connectivity index (χ3n) is 4.91. The Bertz CT molecular complexity index is 1240. The van der Waals surface area contributed by atoms with Crippen molar-refractivity contribution >= 4 is 5.69 Å². The molecule has 0 bridgehead atoms. The Morgan fingerprint density at radius 1 is 1.39 bits per heavy atom. The molecule has 4 rings (SSSR count). The minimum absolute atomic E-state index is 0.0634. The number of nitrogens with one attached hydrogen (secondary N) is 1. The van der Waals surface area contributed by atoms with Crippen LogP contribution >= 0.6 is 0 Å². The van der Waals surface area contributed by atoms with Crippen LogP contribution in [0, 0.1) is 21.4 Å². The van der Waals surface area contributed by atoms with Crippen LogP contribution in [0.2, 0.25) is 0 Å². The van der Waals surface area contributed by atoms with E-state index in [1.165, 1.54) is 12.1 Å². The molecule has 1 aliphatic rings. The lowest BCUT2D eigenvalue weighted by atomic mass is 9.82. The lowest BCUT2D eigenvalue weighted by Crippen LogP contribution is -2.21. The monoisotopic (exact) mass is 419 g/mol. The molecule has 0 fully saturated rings. The van der Waals surface area contributed by atoms with Gasteiger partial charge in [0, 0.05) is 6.07 Å². The number of nitro benzene ring substituents is 1. The molecule has 1 atom stereocenters. The molecule has 0 spiro atoms. The Labute approximate surface area is 176 Å². The van der Waals surface area contributed by atoms with Crippen LogP contribution in [0.5, 0.6) is 17.4 Å². The van der Waals surface area contributed by atoms with E-state index in [4.69, 9.17) is 15.2 Å². The number of nitrogens with two attached hydrogens (primary N) is 1. The molecule has 10 heteroatoms. The zero-order chi connectivity index (χ0) is 22.1. The van der Waals surface area contributed by atoms with Gasteiger partial charge in [0.1, 0.15) is 11.6 Å². The molecule has 10 nitrogen and oxygen atoms in total. The molecular weight excluding hydrogens is 402 g/mol. The third-order valence-corrected chi connectivity index (χ3v) is 4.91. The van der Waals surface area contributed by atoms with Crippen LogP contribution in [0.3, 0.4) is 0 Å². The quantitative estimate of drug-likeness (QED) is 0.419. The predicted molar refractivity (Wildman–Crippen MR) is 109 cm³/mol. The van der Waals surface area contributed by atoms with E-state index in [2.05, 4.69) is 10.2 Å². The highest BCUT2D eigenvalue weighted by atomic mass is 16.6. The van der Waals surface area contributed by atoms with Gasteiger partial charge in [-0.05, 0) is 24.1 Å². The normalized spacial score (nSPS) is 15.0. The standard InChI is InChI=1S/C21H17N5O5/c1-2-30-15-9-12(8-14(19(15)27)26(28)29)16-13(10-22)20(23)31-21-17(16)18(24-25-21)11-6-4-3-5-7-11/h3-9,16,27H,2,23H2,1H3,(H,24,25)/t16-/m1/s1. The molecule has 31 heavy (non-hydrogen) atoms. The Hall–Kier alpha value is -4.52. The first kappa shape index (κ1) is 19.8. The van der Waals surface area contributed by atoms with Crippen molar-refractivity contribution in [2.45, 2.75) is 12.8 Å². The fraction of sp³-hybridized carbons (Fsp3) is 0.143. The SMILES string of the molecule is CCOc1cc([C@@H]2C(C#N)=C(N)Oc3n[nH]c(-c4ccccc4)c32)cc([N+](=O)[O-])c1O. The van der Waals surface area contributed by atoms with Crippen LogP contribution in [-0.2, 0) is 0 Å². The molecule has 2 heterocycles. The first-order valence-electron chi connectivity index (χ1n) is 9.31. The summed E-state index contributed by atoms with van der Waals surface area (Å²) in [7, 11) is 0. The number of benzene rings is 2. The number of nitrogens with zero attached hydrogens (tertiary/aromatic N) is 3. The summed E-state index contributed by atoms with van der Waals surface area (Å²) in [6, 6.07) is 13.9. The van der Waals surface area contributed by atoms with Gasteiger partial charge in [-0.3, -0.25) is 15.2 Å². The molecule has 0 radical (unpaired) electrons. The number of phenols is 1. The average Bonchev–Trinajstić information content (AvgIpc) is 3.18. The zero-order valence-electron chi connectivity index (χ0n) is 16.3. The largest absolute Gasteiger partial charge is 0.500 e. The van der Waals surface area contributed by atoms with Crippen LogP contribution in [0.4, 0.5) is 5.69 Å². The minimum Gasteiger partial charge on any atom is -0.500 e. The van der Waals surface area contributed by atoms with E-state index in [1.807, 2.05) is 36.4 Å². The number of hydrogen-bond donors (Lipinski definition) is 3. The maximum absolute atomic E-state index is 11.6. The maximum Gasteiger partial charge on any atom is 0.314 e. The number of aromatic hydroxyl groups is 1. The van der Waals surface area contributed by atoms with Crippen LogP contribution in [0.1, 0.15) is 24.0 Å². The summed E-state index contributed by atoms with van der Waals surface area (Å²) >= 11 is 0. The van der Waals surface area contributed by atoms with Crippen LogP contribution < -0.4 is 15.2 Å². The van der Waals surface area contributed by atoms with Gasteiger partial charge in [0.05, 0.1) is 28.7 Å². The molecule has 3 aromatic rings. The Morgan fingerprint density at radius 2 is 2.13 bits per heavy atom. The molecule has 0 amide bonds. The fourth-order valence-corrected chi connectivity index (χ4v) is 3.59. The lowest BCUT2D eigenvalue weighted by molar-refractivity contribution is -0.386. The number of rotatable bonds is 5. The van der Waals surface area contributed by atoms with Crippen LogP contribution in [0.25, 0.3) is 11.3 Å². The summed E-state index contributed by atoms with van der Waals surface area (Å²) in [6.07, 6.45) is 0. The topological polar surface area (TPSA) is 160 Å². The second-order valence-electron chi connectivity index (χ2n) is 6.69. The molecule has 1 aromatic heterocycles. The Balaban J connectivity index is 2.00. The fourth-order valence-electron chi connectivity index (χ4n) is 3.59. The maximum atomic E-state index is 11.6. The van der Waals surface area contributed by atoms with Gasteiger partial charge in [0.2, 0.25) is 17.5 Å². The molecule has 2 aromatic carbocycles. The highest BCUT2D eigenvalue weighted by molar-refractivity contribution is 5.72. The number of H-pyrrole nitrogens is 1. The first-order valence-corrected chi connectivity index (χ1v) is 9.31. The number of nitriles is 1. The molecule has 0 saturated heterocycles. The van der Waals surface area contributed by atoms with Crippen LogP contribution in [0.15, 0.2) is 53.9 Å². The summed E-state index contributed by atoms with van der Waals surface area (Å²) in [4.78, 5) is 10.8. The van der Waals surface area contributed by atoms with E-state index in [-0.39, 0.29) is 29.7 Å². The number of aromatic nitrogens is 2. The highest BCUT2D eigenvalue weighted by Crippen LogP contribution is 2.48. The van der Waals surface area contributed by atoms with Crippen molar-refractivity contribution in [2.24, 2.45) is 5.73 Å². The van der Waals surface area contributed by atoms with E-state index in [1.54, 1.807) is 6.92 Å². The minimum atomic E-state index is -0.832. The van der Waals surface area contributed by atoms with Gasteiger partial charge in [-0.2, -0.15) is 5.26 Å². The number of phenolic OH excluding ortho intramolecular Hbond substituents is 1. The van der Waals surface area contributed by atoms with E-state index in [0.29, 0.717) is 16.8 Å². The average molecular weight is 419 g/mol. The third kappa shape index (κ3) is 3.28. The predicted octanol–water partition coefficient (Wildman–Crippen LogP) is 3.31. The number of ether oxygens (including phenoxy) is 2. The second kappa shape index (κ2) is 7.72. The first-order chi connectivity index (χ1) is 15.0. The smallest absolute Gasteiger partial charge is 0.314 e. The van der Waals surface area contributed by atoms with Gasteiger partial charge >= 0.3 is 5.69 Å². The van der Waals surface area contributed by atoms with Crippen molar-refractivity contribution < 1.29 is 19.5 Å². The number of aromatic amines is 1. The summed E-state index contributed by atoms with van der Waals surface area (Å²) in [5, 5.41) is 38.7. The van der Waals surface area contributed by atoms with Crippen molar-refractivity contribution in [1.29, 1.82) is 5.26 Å². The van der Waals surface area contributed by atoms with Gasteiger partial charge < -0.3 is 20.3 Å². The van der Waals surface area contributed by atoms with Gasteiger partial charge in [0.25, 0.3) is 0 Å². The van der Waals surface area contributed by atoms with E-state index >= 15 is 0 Å². The van der Waals surface area contributed by atoms with Gasteiger partial charge in [-0.25, -0.2) is 0 Å². The molecular formula is C21H17N5O5. The van der Waals surface area contributed by atoms with E-state index in [0.717, 1.165) is 5.56 Å². The Morgan fingerprint density at radius 3 is 2.77 bits per heavy atom. The highest BCUT2D eigenvalue weighted by Gasteiger charge is 2.37. The van der Waals surface area contributed by atoms with Crippen molar-refractivity contribution in [3.05, 3.63) is 75.2 Å². The molecule has 1 aliphatic heterocycles. The summed E-state index contributed by atoms with van der Waals surface area (Å²) in [5.41, 5.74) is 7.67. The van der Waals surface area contributed by atoms with Gasteiger partial charge in [-0.15, -0.1) is 5.10 Å². The number of nitro groups is 1. The zero-order valence-corrected chi connectivity index (χ0v) is 16.3. The van der Waals surface area contributed by atoms with Crippen molar-refractivity contribution in [2.75, 3.05) is 6.61 Å². The van der Waals surface area contributed by atoms with Gasteiger partial charge in [0.15, 0.2) is 5.75 Å². The lowest BCUT2D eigenvalue weighted by Gasteiger charge is -2.24. The number of fused-ring (bicyclic) bond motifs is 1. The van der Waals surface area contributed by atoms with Gasteiger partial charge in [-0.1, -0.05) is 30.3 Å². The van der Waals surface area contributed by atoms with Crippen LogP contribution in [-0.4, -0.2) is 26.8 Å². The number of hydrogen-bond acceptors (Lipinski definition) is 8. The molecule has 156 valence electrons. The number of allylic oxidation sites excluding steroid dienone is 1. The van der Waals surface area contributed by atoms with Crippen molar-refractivity contribution in [1.82, 2.24) is 10.2 Å². The summed E-state index contributed by atoms with van der Waals surface area (Å²) in [5.74, 6) is -1.48. The summed E-state index contributed by atoms with van der Waals surface area (Å²) in [6.45, 7) is 1.87. The molecule has 0 saturated carbocycles.